The maximum Gasteiger partial charge on any atom is 0.253 e. The summed E-state index contributed by atoms with van der Waals surface area (Å²) in [4.78, 5) is 29.1. The summed E-state index contributed by atoms with van der Waals surface area (Å²) < 4.78 is 41.2. The van der Waals surface area contributed by atoms with Crippen molar-refractivity contribution in [3.63, 3.8) is 0 Å². The molecule has 164 valence electrons. The molecule has 2 aromatic rings. The van der Waals surface area contributed by atoms with E-state index in [2.05, 4.69) is 0 Å². The molecular weight excluding hydrogens is 421 g/mol. The van der Waals surface area contributed by atoms with E-state index >= 15 is 0 Å². The molecule has 7 nitrogen and oxygen atoms in total. The predicted molar refractivity (Wildman–Crippen MR) is 112 cm³/mol. The van der Waals surface area contributed by atoms with Gasteiger partial charge in [-0.05, 0) is 30.3 Å². The Morgan fingerprint density at radius 2 is 1.74 bits per heavy atom. The van der Waals surface area contributed by atoms with Crippen molar-refractivity contribution in [2.45, 2.75) is 4.90 Å². The van der Waals surface area contributed by atoms with Crippen molar-refractivity contribution in [3.8, 4) is 0 Å². The highest BCUT2D eigenvalue weighted by Crippen LogP contribution is 2.45. The molecule has 2 aliphatic rings. The minimum absolute atomic E-state index is 0.0495. The van der Waals surface area contributed by atoms with E-state index in [-0.39, 0.29) is 48.8 Å². The fourth-order valence-electron chi connectivity index (χ4n) is 4.64. The van der Waals surface area contributed by atoms with Gasteiger partial charge in [-0.2, -0.15) is 4.31 Å². The molecule has 9 heteroatoms. The SMILES string of the molecule is CN(C)C(=O)[C@]12CN(C(=O)c3ccccc3)C[C@H]1CN(S(=O)(=O)c1cccc(F)c1)C2. The van der Waals surface area contributed by atoms with Crippen LogP contribution in [0.4, 0.5) is 4.39 Å². The number of sulfonamides is 1. The van der Waals surface area contributed by atoms with Gasteiger partial charge >= 0.3 is 0 Å². The summed E-state index contributed by atoms with van der Waals surface area (Å²) in [7, 11) is -0.722. The van der Waals surface area contributed by atoms with Crippen LogP contribution in [-0.4, -0.2) is 74.6 Å². The third-order valence-electron chi connectivity index (χ3n) is 6.15. The van der Waals surface area contributed by atoms with Crippen LogP contribution in [0, 0.1) is 17.2 Å². The Kier molecular flexibility index (Phi) is 5.35. The average molecular weight is 446 g/mol. The fraction of sp³-hybridized carbons (Fsp3) is 0.364. The Balaban J connectivity index is 1.65. The molecule has 0 N–H and O–H groups in total. The van der Waals surface area contributed by atoms with Crippen LogP contribution in [0.5, 0.6) is 0 Å². The summed E-state index contributed by atoms with van der Waals surface area (Å²) in [5.41, 5.74) is -0.506. The molecule has 2 saturated heterocycles. The van der Waals surface area contributed by atoms with E-state index in [0.29, 0.717) is 5.56 Å². The number of nitrogens with zero attached hydrogens (tertiary/aromatic N) is 3. The molecule has 4 rings (SSSR count). The lowest BCUT2D eigenvalue weighted by molar-refractivity contribution is -0.139. The van der Waals surface area contributed by atoms with Crippen LogP contribution >= 0.6 is 0 Å². The van der Waals surface area contributed by atoms with E-state index in [1.165, 1.54) is 27.4 Å². The van der Waals surface area contributed by atoms with E-state index in [4.69, 9.17) is 0 Å². The summed E-state index contributed by atoms with van der Waals surface area (Å²) in [5, 5.41) is 0. The van der Waals surface area contributed by atoms with Crippen molar-refractivity contribution in [1.29, 1.82) is 0 Å². The van der Waals surface area contributed by atoms with Crippen molar-refractivity contribution in [2.75, 3.05) is 40.3 Å². The van der Waals surface area contributed by atoms with Crippen LogP contribution in [0.3, 0.4) is 0 Å². The maximum absolute atomic E-state index is 13.6. The summed E-state index contributed by atoms with van der Waals surface area (Å²) in [6.45, 7) is 0.461. The number of carbonyl (C=O) groups excluding carboxylic acids is 2. The number of hydrogen-bond donors (Lipinski definition) is 0. The normalized spacial score (nSPS) is 23.6. The Morgan fingerprint density at radius 1 is 1.03 bits per heavy atom. The molecule has 2 heterocycles. The molecule has 0 saturated carbocycles. The van der Waals surface area contributed by atoms with Crippen molar-refractivity contribution >= 4 is 21.8 Å². The van der Waals surface area contributed by atoms with Crippen LogP contribution in [-0.2, 0) is 14.8 Å². The number of halogens is 1. The van der Waals surface area contributed by atoms with Gasteiger partial charge in [0.2, 0.25) is 15.9 Å². The first kappa shape index (κ1) is 21.5. The number of hydrogen-bond acceptors (Lipinski definition) is 4. The Bertz CT molecular complexity index is 1120. The van der Waals surface area contributed by atoms with Crippen molar-refractivity contribution < 1.29 is 22.4 Å². The summed E-state index contributed by atoms with van der Waals surface area (Å²) >= 11 is 0. The lowest BCUT2D eigenvalue weighted by Gasteiger charge is -2.30. The lowest BCUT2D eigenvalue weighted by Crippen LogP contribution is -2.48. The molecule has 2 atom stereocenters. The third kappa shape index (κ3) is 3.61. The topological polar surface area (TPSA) is 78.0 Å². The van der Waals surface area contributed by atoms with Crippen LogP contribution in [0.1, 0.15) is 10.4 Å². The van der Waals surface area contributed by atoms with Crippen molar-refractivity contribution in [2.24, 2.45) is 11.3 Å². The quantitative estimate of drug-likeness (QED) is 0.718. The molecule has 2 aliphatic heterocycles. The minimum Gasteiger partial charge on any atom is -0.348 e. The second kappa shape index (κ2) is 7.72. The zero-order valence-corrected chi connectivity index (χ0v) is 18.2. The molecule has 0 radical (unpaired) electrons. The van der Waals surface area contributed by atoms with Gasteiger partial charge in [0.15, 0.2) is 0 Å². The predicted octanol–water partition coefficient (Wildman–Crippen LogP) is 1.68. The monoisotopic (exact) mass is 445 g/mol. The molecule has 0 bridgehead atoms. The van der Waals surface area contributed by atoms with Gasteiger partial charge in [-0.3, -0.25) is 9.59 Å². The molecule has 2 aromatic carbocycles. The number of fused-ring (bicyclic) bond motifs is 1. The number of likely N-dealkylation sites (tertiary alicyclic amines) is 1. The Morgan fingerprint density at radius 3 is 2.39 bits per heavy atom. The second-order valence-corrected chi connectivity index (χ2v) is 10.3. The van der Waals surface area contributed by atoms with Gasteiger partial charge in [-0.15, -0.1) is 0 Å². The van der Waals surface area contributed by atoms with Gasteiger partial charge in [0.1, 0.15) is 5.82 Å². The van der Waals surface area contributed by atoms with E-state index in [1.807, 2.05) is 6.07 Å². The van der Waals surface area contributed by atoms with Gasteiger partial charge in [0, 0.05) is 51.8 Å². The molecule has 31 heavy (non-hydrogen) atoms. The van der Waals surface area contributed by atoms with E-state index in [9.17, 15) is 22.4 Å². The average Bonchev–Trinajstić information content (AvgIpc) is 3.29. The second-order valence-electron chi connectivity index (χ2n) is 8.36. The smallest absolute Gasteiger partial charge is 0.253 e. The van der Waals surface area contributed by atoms with Gasteiger partial charge < -0.3 is 9.80 Å². The molecule has 0 spiro atoms. The minimum atomic E-state index is -3.97. The van der Waals surface area contributed by atoms with Gasteiger partial charge in [-0.25, -0.2) is 12.8 Å². The highest BCUT2D eigenvalue weighted by molar-refractivity contribution is 7.89. The molecule has 0 aliphatic carbocycles. The Hall–Kier alpha value is -2.78. The van der Waals surface area contributed by atoms with Crippen molar-refractivity contribution in [1.82, 2.24) is 14.1 Å². The van der Waals surface area contributed by atoms with E-state index in [0.717, 1.165) is 6.07 Å². The fourth-order valence-corrected chi connectivity index (χ4v) is 6.23. The molecule has 0 unspecified atom stereocenters. The van der Waals surface area contributed by atoms with E-state index < -0.39 is 21.3 Å². The third-order valence-corrected chi connectivity index (χ3v) is 7.96. The molecular formula is C22H24FN3O4S. The standard InChI is InChI=1S/C22H24FN3O4S/c1-24(2)21(28)22-14-25(20(27)16-7-4-3-5-8-16)12-17(22)13-26(15-22)31(29,30)19-10-6-9-18(23)11-19/h3-11,17H,12-15H2,1-2H3/t17-,22-/m0/s1. The first-order valence-electron chi connectivity index (χ1n) is 9.97. The number of amides is 2. The number of benzene rings is 2. The van der Waals surface area contributed by atoms with Crippen LogP contribution < -0.4 is 0 Å². The van der Waals surface area contributed by atoms with Crippen LogP contribution in [0.2, 0.25) is 0 Å². The molecule has 2 amide bonds. The van der Waals surface area contributed by atoms with Crippen LogP contribution in [0.25, 0.3) is 0 Å². The number of rotatable bonds is 4. The van der Waals surface area contributed by atoms with Gasteiger partial charge in [0.05, 0.1) is 10.3 Å². The Labute approximate surface area is 181 Å². The highest BCUT2D eigenvalue weighted by Gasteiger charge is 2.60. The van der Waals surface area contributed by atoms with Crippen LogP contribution in [0.15, 0.2) is 59.5 Å². The van der Waals surface area contributed by atoms with Gasteiger partial charge in [-0.1, -0.05) is 24.3 Å². The van der Waals surface area contributed by atoms with Gasteiger partial charge in [0.25, 0.3) is 5.91 Å². The van der Waals surface area contributed by atoms with Crippen molar-refractivity contribution in [3.05, 3.63) is 66.0 Å². The highest BCUT2D eigenvalue weighted by atomic mass is 32.2. The summed E-state index contributed by atoms with van der Waals surface area (Å²) in [6, 6.07) is 13.7. The maximum atomic E-state index is 13.6. The lowest BCUT2D eigenvalue weighted by atomic mass is 9.80. The zero-order valence-electron chi connectivity index (χ0n) is 17.4. The number of carbonyl (C=O) groups is 2. The zero-order chi connectivity index (χ0) is 22.4. The summed E-state index contributed by atoms with van der Waals surface area (Å²) in [5.74, 6) is -1.38. The molecule has 0 aromatic heterocycles. The molecule has 2 fully saturated rings. The van der Waals surface area contributed by atoms with E-state index in [1.54, 1.807) is 43.3 Å². The largest absolute Gasteiger partial charge is 0.348 e. The first-order chi connectivity index (χ1) is 14.6. The summed E-state index contributed by atoms with van der Waals surface area (Å²) in [6.07, 6.45) is 0. The first-order valence-corrected chi connectivity index (χ1v) is 11.4.